The zero-order chi connectivity index (χ0) is 13.1. The zero-order valence-corrected chi connectivity index (χ0v) is 11.2. The van der Waals surface area contributed by atoms with Gasteiger partial charge in [0.1, 0.15) is 11.9 Å². The van der Waals surface area contributed by atoms with Gasteiger partial charge in [-0.2, -0.15) is 0 Å². The number of carbonyl (C=O) groups is 2. The van der Waals surface area contributed by atoms with Crippen LogP contribution in [0.5, 0.6) is 0 Å². The van der Waals surface area contributed by atoms with E-state index in [2.05, 4.69) is 0 Å². The molecule has 0 saturated heterocycles. The highest BCUT2D eigenvalue weighted by Gasteiger charge is 2.43. The van der Waals surface area contributed by atoms with Crippen LogP contribution >= 0.6 is 0 Å². The highest BCUT2D eigenvalue weighted by atomic mass is 16.6. The molecule has 0 spiro atoms. The number of hydrogen-bond acceptors (Lipinski definition) is 3. The van der Waals surface area contributed by atoms with E-state index in [9.17, 15) is 9.59 Å². The standard InChI is InChI=1S/C14H22O3/c1-13(2,3)17-12(16)14(4)9-6-5-7-11(14)8-10-15/h5-6,10-11H,7-9H2,1-4H3/t11-,14+/m0/s1. The van der Waals surface area contributed by atoms with E-state index in [1.807, 2.05) is 39.8 Å². The molecule has 1 aliphatic carbocycles. The summed E-state index contributed by atoms with van der Waals surface area (Å²) in [5, 5.41) is 0. The second kappa shape index (κ2) is 5.03. The van der Waals surface area contributed by atoms with Crippen molar-refractivity contribution in [3.63, 3.8) is 0 Å². The fourth-order valence-electron chi connectivity index (χ4n) is 2.13. The molecule has 2 atom stereocenters. The average Bonchev–Trinajstić information content (AvgIpc) is 2.19. The van der Waals surface area contributed by atoms with E-state index in [-0.39, 0.29) is 11.9 Å². The van der Waals surface area contributed by atoms with Gasteiger partial charge < -0.3 is 9.53 Å². The average molecular weight is 238 g/mol. The van der Waals surface area contributed by atoms with E-state index in [1.54, 1.807) is 0 Å². The minimum Gasteiger partial charge on any atom is -0.460 e. The Kier molecular flexibility index (Phi) is 4.12. The Balaban J connectivity index is 2.86. The molecule has 0 fully saturated rings. The maximum absolute atomic E-state index is 12.2. The van der Waals surface area contributed by atoms with Crippen molar-refractivity contribution in [1.29, 1.82) is 0 Å². The van der Waals surface area contributed by atoms with Crippen molar-refractivity contribution in [2.24, 2.45) is 11.3 Å². The molecule has 0 unspecified atom stereocenters. The Morgan fingerprint density at radius 1 is 1.47 bits per heavy atom. The van der Waals surface area contributed by atoms with Crippen LogP contribution < -0.4 is 0 Å². The fraction of sp³-hybridized carbons (Fsp3) is 0.714. The summed E-state index contributed by atoms with van der Waals surface area (Å²) in [5.41, 5.74) is -1.05. The molecule has 0 aromatic heterocycles. The van der Waals surface area contributed by atoms with E-state index in [4.69, 9.17) is 4.74 Å². The lowest BCUT2D eigenvalue weighted by Crippen LogP contribution is -2.42. The molecule has 3 nitrogen and oxygen atoms in total. The summed E-state index contributed by atoms with van der Waals surface area (Å²) < 4.78 is 5.47. The van der Waals surface area contributed by atoms with Crippen molar-refractivity contribution in [2.75, 3.05) is 0 Å². The van der Waals surface area contributed by atoms with Crippen LogP contribution in [0.1, 0.15) is 47.0 Å². The minimum absolute atomic E-state index is 0.0554. The molecular weight excluding hydrogens is 216 g/mol. The lowest BCUT2D eigenvalue weighted by Gasteiger charge is -2.38. The number of ether oxygens (including phenoxy) is 1. The van der Waals surface area contributed by atoms with Crippen LogP contribution in [0.25, 0.3) is 0 Å². The van der Waals surface area contributed by atoms with Crippen LogP contribution in [0.4, 0.5) is 0 Å². The van der Waals surface area contributed by atoms with Crippen molar-refractivity contribution in [3.05, 3.63) is 12.2 Å². The van der Waals surface area contributed by atoms with Gasteiger partial charge in [-0.15, -0.1) is 0 Å². The van der Waals surface area contributed by atoms with Crippen molar-refractivity contribution >= 4 is 12.3 Å². The van der Waals surface area contributed by atoms with E-state index < -0.39 is 11.0 Å². The first-order valence-corrected chi connectivity index (χ1v) is 6.11. The Hall–Kier alpha value is -1.12. The maximum Gasteiger partial charge on any atom is 0.312 e. The Labute approximate surface area is 103 Å². The molecule has 1 rings (SSSR count). The van der Waals surface area contributed by atoms with Crippen LogP contribution in [0.15, 0.2) is 12.2 Å². The van der Waals surface area contributed by atoms with E-state index in [0.29, 0.717) is 12.8 Å². The summed E-state index contributed by atoms with van der Waals surface area (Å²) >= 11 is 0. The van der Waals surface area contributed by atoms with Crippen molar-refractivity contribution in [2.45, 2.75) is 52.6 Å². The lowest BCUT2D eigenvalue weighted by molar-refractivity contribution is -0.170. The van der Waals surface area contributed by atoms with Gasteiger partial charge in [-0.25, -0.2) is 0 Å². The van der Waals surface area contributed by atoms with Gasteiger partial charge in [0.05, 0.1) is 5.41 Å². The van der Waals surface area contributed by atoms with Crippen molar-refractivity contribution in [1.82, 2.24) is 0 Å². The molecule has 0 amide bonds. The minimum atomic E-state index is -0.567. The summed E-state index contributed by atoms with van der Waals surface area (Å²) in [4.78, 5) is 22.9. The molecule has 0 heterocycles. The third-order valence-electron chi connectivity index (χ3n) is 3.28. The molecule has 0 N–H and O–H groups in total. The van der Waals surface area contributed by atoms with Crippen LogP contribution in [0.2, 0.25) is 0 Å². The predicted molar refractivity (Wildman–Crippen MR) is 66.5 cm³/mol. The second-order valence-electron chi connectivity index (χ2n) is 5.93. The number of aldehydes is 1. The highest BCUT2D eigenvalue weighted by Crippen LogP contribution is 2.41. The fourth-order valence-corrected chi connectivity index (χ4v) is 2.13. The molecule has 0 aliphatic heterocycles. The molecule has 17 heavy (non-hydrogen) atoms. The smallest absolute Gasteiger partial charge is 0.312 e. The van der Waals surface area contributed by atoms with Crippen LogP contribution in [0.3, 0.4) is 0 Å². The third-order valence-corrected chi connectivity index (χ3v) is 3.28. The van der Waals surface area contributed by atoms with E-state index in [0.717, 1.165) is 12.7 Å². The van der Waals surface area contributed by atoms with Gasteiger partial charge in [0, 0.05) is 6.42 Å². The molecule has 0 radical (unpaired) electrons. The quantitative estimate of drug-likeness (QED) is 0.431. The monoisotopic (exact) mass is 238 g/mol. The predicted octanol–water partition coefficient (Wildman–Crippen LogP) is 2.89. The number of rotatable bonds is 3. The number of hydrogen-bond donors (Lipinski definition) is 0. The number of carbonyl (C=O) groups excluding carboxylic acids is 2. The Bertz CT molecular complexity index is 325. The van der Waals surface area contributed by atoms with Gasteiger partial charge in [0.15, 0.2) is 0 Å². The summed E-state index contributed by atoms with van der Waals surface area (Å²) in [6, 6.07) is 0. The van der Waals surface area contributed by atoms with Crippen LogP contribution in [-0.4, -0.2) is 17.9 Å². The van der Waals surface area contributed by atoms with Gasteiger partial charge in [0.25, 0.3) is 0 Å². The first-order chi connectivity index (χ1) is 7.79. The first-order valence-electron chi connectivity index (χ1n) is 6.11. The molecule has 0 saturated carbocycles. The van der Waals surface area contributed by atoms with Crippen LogP contribution in [-0.2, 0) is 14.3 Å². The van der Waals surface area contributed by atoms with E-state index in [1.165, 1.54) is 0 Å². The summed E-state index contributed by atoms with van der Waals surface area (Å²) in [7, 11) is 0. The van der Waals surface area contributed by atoms with Gasteiger partial charge in [0.2, 0.25) is 0 Å². The van der Waals surface area contributed by atoms with Crippen molar-refractivity contribution in [3.8, 4) is 0 Å². The molecule has 0 aromatic carbocycles. The molecule has 0 bridgehead atoms. The normalized spacial score (nSPS) is 28.8. The highest BCUT2D eigenvalue weighted by molar-refractivity contribution is 5.78. The topological polar surface area (TPSA) is 43.4 Å². The summed E-state index contributed by atoms with van der Waals surface area (Å²) in [6.45, 7) is 7.49. The second-order valence-corrected chi connectivity index (χ2v) is 5.93. The number of allylic oxidation sites excluding steroid dienone is 2. The molecule has 0 aromatic rings. The Morgan fingerprint density at radius 2 is 2.12 bits per heavy atom. The van der Waals surface area contributed by atoms with Gasteiger partial charge in [-0.05, 0) is 46.5 Å². The summed E-state index contributed by atoms with van der Waals surface area (Å²) in [6.07, 6.45) is 6.78. The largest absolute Gasteiger partial charge is 0.460 e. The number of esters is 1. The molecular formula is C14H22O3. The zero-order valence-electron chi connectivity index (χ0n) is 11.2. The van der Waals surface area contributed by atoms with Gasteiger partial charge in [-0.1, -0.05) is 12.2 Å². The lowest BCUT2D eigenvalue weighted by atomic mass is 9.69. The van der Waals surface area contributed by atoms with Crippen LogP contribution in [0, 0.1) is 11.3 Å². The maximum atomic E-state index is 12.2. The molecule has 3 heteroatoms. The third kappa shape index (κ3) is 3.42. The molecule has 1 aliphatic rings. The van der Waals surface area contributed by atoms with Crippen molar-refractivity contribution < 1.29 is 14.3 Å². The first kappa shape index (κ1) is 13.9. The van der Waals surface area contributed by atoms with Gasteiger partial charge >= 0.3 is 5.97 Å². The van der Waals surface area contributed by atoms with Gasteiger partial charge in [-0.3, -0.25) is 4.79 Å². The Morgan fingerprint density at radius 3 is 2.65 bits per heavy atom. The SMILES string of the molecule is CC(C)(C)OC(=O)[C@]1(C)CC=CC[C@H]1CC=O. The summed E-state index contributed by atoms with van der Waals surface area (Å²) in [5.74, 6) is -0.138. The van der Waals surface area contributed by atoms with E-state index >= 15 is 0 Å². The molecule has 96 valence electrons.